The minimum absolute atomic E-state index is 0.113. The predicted octanol–water partition coefficient (Wildman–Crippen LogP) is 2.76. The number of H-pyrrole nitrogens is 1. The molecule has 0 spiro atoms. The Hall–Kier alpha value is -2.93. The Balaban J connectivity index is 1.63. The van der Waals surface area contributed by atoms with Crippen LogP contribution in [0.5, 0.6) is 5.75 Å². The van der Waals surface area contributed by atoms with Crippen LogP contribution < -0.4 is 16.0 Å². The summed E-state index contributed by atoms with van der Waals surface area (Å²) in [6.07, 6.45) is -5.49. The molecule has 36 heavy (non-hydrogen) atoms. The molecule has 198 valence electrons. The van der Waals surface area contributed by atoms with E-state index >= 15 is 0 Å². The largest absolute Gasteiger partial charge is 0.491 e. The average Bonchev–Trinajstić information content (AvgIpc) is 2.82. The minimum atomic E-state index is -4.85. The molecule has 3 N–H and O–H groups in total. The monoisotopic (exact) mass is 514 g/mol. The molecule has 0 bridgehead atoms. The summed E-state index contributed by atoms with van der Waals surface area (Å²) in [5, 5.41) is 0. The predicted molar refractivity (Wildman–Crippen MR) is 123 cm³/mol. The second-order valence-electron chi connectivity index (χ2n) is 8.89. The molecular formula is C24H29F3N2O7. The van der Waals surface area contributed by atoms with Gasteiger partial charge >= 0.3 is 6.18 Å². The van der Waals surface area contributed by atoms with E-state index in [4.69, 9.17) is 29.4 Å². The lowest BCUT2D eigenvalue weighted by atomic mass is 10.0. The van der Waals surface area contributed by atoms with Crippen LogP contribution in [-0.2, 0) is 25.1 Å². The normalized spacial score (nSPS) is 18.7. The van der Waals surface area contributed by atoms with Crippen molar-refractivity contribution in [3.8, 4) is 16.9 Å². The van der Waals surface area contributed by atoms with Crippen molar-refractivity contribution in [2.75, 3.05) is 40.1 Å². The van der Waals surface area contributed by atoms with Crippen molar-refractivity contribution < 1.29 is 41.7 Å². The van der Waals surface area contributed by atoms with Gasteiger partial charge in [0.05, 0.1) is 32.0 Å². The fourth-order valence-corrected chi connectivity index (χ4v) is 3.44. The molecule has 1 aromatic carbocycles. The molecular weight excluding hydrogens is 485 g/mol. The van der Waals surface area contributed by atoms with Crippen molar-refractivity contribution in [3.63, 3.8) is 0 Å². The Morgan fingerprint density at radius 1 is 1.14 bits per heavy atom. The van der Waals surface area contributed by atoms with Crippen LogP contribution >= 0.6 is 0 Å². The van der Waals surface area contributed by atoms with Crippen LogP contribution in [0.1, 0.15) is 29.9 Å². The van der Waals surface area contributed by atoms with Crippen molar-refractivity contribution in [3.05, 3.63) is 51.9 Å². The molecule has 2 unspecified atom stereocenters. The van der Waals surface area contributed by atoms with Crippen LogP contribution in [0.4, 0.5) is 13.2 Å². The molecule has 1 aliphatic rings. The van der Waals surface area contributed by atoms with Crippen molar-refractivity contribution in [2.45, 2.75) is 37.8 Å². The van der Waals surface area contributed by atoms with Crippen LogP contribution in [0.3, 0.4) is 0 Å². The molecule has 1 aromatic heterocycles. The number of ether oxygens (including phenoxy) is 5. The highest BCUT2D eigenvalue weighted by Crippen LogP contribution is 2.35. The van der Waals surface area contributed by atoms with Gasteiger partial charge in [-0.3, -0.25) is 9.59 Å². The number of aromatic nitrogens is 1. The Kier molecular flexibility index (Phi) is 8.77. The number of nitrogens with two attached hydrogens (primary N) is 1. The van der Waals surface area contributed by atoms with Gasteiger partial charge in [-0.15, -0.1) is 0 Å². The van der Waals surface area contributed by atoms with Gasteiger partial charge in [-0.2, -0.15) is 13.2 Å². The molecule has 1 fully saturated rings. The van der Waals surface area contributed by atoms with Gasteiger partial charge < -0.3 is 34.4 Å². The summed E-state index contributed by atoms with van der Waals surface area (Å²) in [6.45, 7) is 5.38. The van der Waals surface area contributed by atoms with Gasteiger partial charge in [-0.1, -0.05) is 12.1 Å². The summed E-state index contributed by atoms with van der Waals surface area (Å²) >= 11 is 0. The van der Waals surface area contributed by atoms with Gasteiger partial charge in [0.2, 0.25) is 0 Å². The van der Waals surface area contributed by atoms with E-state index in [0.717, 1.165) is 6.07 Å². The van der Waals surface area contributed by atoms with E-state index in [1.165, 1.54) is 24.3 Å². The quantitative estimate of drug-likeness (QED) is 0.500. The molecule has 3 rings (SSSR count). The molecule has 9 nitrogen and oxygen atoms in total. The van der Waals surface area contributed by atoms with E-state index in [0.29, 0.717) is 32.2 Å². The number of hydrogen-bond donors (Lipinski definition) is 2. The highest BCUT2D eigenvalue weighted by molar-refractivity contribution is 5.94. The molecule has 2 aromatic rings. The number of primary amides is 1. The highest BCUT2D eigenvalue weighted by Gasteiger charge is 2.36. The molecule has 2 heterocycles. The number of nitrogens with one attached hydrogen (secondary N) is 1. The van der Waals surface area contributed by atoms with Crippen molar-refractivity contribution in [1.82, 2.24) is 4.98 Å². The number of alkyl halides is 3. The number of halogens is 3. The average molecular weight is 514 g/mol. The number of pyridine rings is 1. The number of amides is 1. The lowest BCUT2D eigenvalue weighted by molar-refractivity contribution is -0.172. The zero-order valence-electron chi connectivity index (χ0n) is 20.1. The fraction of sp³-hybridized carbons (Fsp3) is 0.500. The number of carbonyl (C=O) groups excluding carboxylic acids is 1. The van der Waals surface area contributed by atoms with Gasteiger partial charge in [-0.25, -0.2) is 0 Å². The maximum atomic E-state index is 13.5. The fourth-order valence-electron chi connectivity index (χ4n) is 3.44. The number of methoxy groups -OCH3 is 1. The summed E-state index contributed by atoms with van der Waals surface area (Å²) in [5.41, 5.74) is 1.38. The molecule has 1 saturated heterocycles. The Bertz CT molecular complexity index is 1100. The van der Waals surface area contributed by atoms with E-state index in [1.54, 1.807) is 12.1 Å². The first-order valence-electron chi connectivity index (χ1n) is 11.1. The van der Waals surface area contributed by atoms with Crippen LogP contribution in [0.25, 0.3) is 11.1 Å². The third kappa shape index (κ3) is 7.29. The first-order chi connectivity index (χ1) is 16.9. The number of aromatic amines is 1. The molecule has 1 amide bonds. The summed E-state index contributed by atoms with van der Waals surface area (Å²) in [4.78, 5) is 25.0. The Labute approximate surface area is 205 Å². The standard InChI is InChI=1S/C24H29F3N2O7/c1-23(2,32-3)13-34-11-16-9-33-10-17(36-16)12-35-15-6-4-14(5-7-15)18-8-19(21(28)30)22(31)29-20(18)24(25,26)27/h4-8,16-17H,9-13H2,1-3H3,(H2,28,30)(H,29,31). The maximum Gasteiger partial charge on any atom is 0.431 e. The zero-order valence-corrected chi connectivity index (χ0v) is 20.1. The summed E-state index contributed by atoms with van der Waals surface area (Å²) in [6, 6.07) is 6.55. The first-order valence-corrected chi connectivity index (χ1v) is 11.1. The van der Waals surface area contributed by atoms with E-state index in [2.05, 4.69) is 0 Å². The zero-order chi connectivity index (χ0) is 26.5. The van der Waals surface area contributed by atoms with Gasteiger partial charge in [0.1, 0.15) is 35.8 Å². The Morgan fingerprint density at radius 3 is 2.36 bits per heavy atom. The van der Waals surface area contributed by atoms with Crippen LogP contribution in [0.15, 0.2) is 35.1 Å². The second kappa shape index (κ2) is 11.4. The highest BCUT2D eigenvalue weighted by atomic mass is 19.4. The van der Waals surface area contributed by atoms with Crippen molar-refractivity contribution in [2.24, 2.45) is 5.73 Å². The molecule has 0 aliphatic carbocycles. The lowest BCUT2D eigenvalue weighted by Crippen LogP contribution is -2.42. The summed E-state index contributed by atoms with van der Waals surface area (Å²) in [7, 11) is 1.61. The number of hydrogen-bond acceptors (Lipinski definition) is 7. The third-order valence-corrected chi connectivity index (χ3v) is 5.49. The van der Waals surface area contributed by atoms with E-state index in [-0.39, 0.29) is 29.9 Å². The van der Waals surface area contributed by atoms with E-state index in [1.807, 2.05) is 13.8 Å². The van der Waals surface area contributed by atoms with Crippen LogP contribution in [-0.4, -0.2) is 68.8 Å². The third-order valence-electron chi connectivity index (χ3n) is 5.49. The van der Waals surface area contributed by atoms with Crippen molar-refractivity contribution in [1.29, 1.82) is 0 Å². The summed E-state index contributed by atoms with van der Waals surface area (Å²) < 4.78 is 68.6. The second-order valence-corrected chi connectivity index (χ2v) is 8.89. The minimum Gasteiger partial charge on any atom is -0.491 e. The molecule has 12 heteroatoms. The van der Waals surface area contributed by atoms with Crippen LogP contribution in [0.2, 0.25) is 0 Å². The van der Waals surface area contributed by atoms with Gasteiger partial charge in [0.15, 0.2) is 0 Å². The van der Waals surface area contributed by atoms with Gasteiger partial charge in [-0.05, 0) is 37.6 Å². The topological polar surface area (TPSA) is 122 Å². The maximum absolute atomic E-state index is 13.5. The number of carbonyl (C=O) groups is 1. The van der Waals surface area contributed by atoms with Crippen LogP contribution in [0, 0.1) is 0 Å². The summed E-state index contributed by atoms with van der Waals surface area (Å²) in [5.74, 6) is -0.748. The number of rotatable bonds is 10. The van der Waals surface area contributed by atoms with Crippen molar-refractivity contribution >= 4 is 5.91 Å². The van der Waals surface area contributed by atoms with Gasteiger partial charge in [0, 0.05) is 12.7 Å². The smallest absolute Gasteiger partial charge is 0.431 e. The molecule has 0 saturated carbocycles. The first kappa shape index (κ1) is 27.7. The molecule has 2 atom stereocenters. The molecule has 0 radical (unpaired) electrons. The lowest BCUT2D eigenvalue weighted by Gasteiger charge is -2.31. The Morgan fingerprint density at radius 2 is 1.78 bits per heavy atom. The molecule has 1 aliphatic heterocycles. The number of benzene rings is 1. The van der Waals surface area contributed by atoms with Gasteiger partial charge in [0.25, 0.3) is 11.5 Å². The van der Waals surface area contributed by atoms with E-state index in [9.17, 15) is 22.8 Å². The SMILES string of the molecule is COC(C)(C)COCC1COCC(COc2ccc(-c3cc(C(N)=O)c(=O)[nH]c3C(F)(F)F)cc2)O1. The van der Waals surface area contributed by atoms with E-state index < -0.39 is 34.5 Å².